The van der Waals surface area contributed by atoms with Crippen LogP contribution in [0.3, 0.4) is 0 Å². The van der Waals surface area contributed by atoms with Gasteiger partial charge in [0.15, 0.2) is 0 Å². The Bertz CT molecular complexity index is 410. The van der Waals surface area contributed by atoms with Gasteiger partial charge in [-0.1, -0.05) is 28.1 Å². The Morgan fingerprint density at radius 1 is 1.37 bits per heavy atom. The van der Waals surface area contributed by atoms with Crippen molar-refractivity contribution in [2.24, 2.45) is 0 Å². The number of benzene rings is 1. The lowest BCUT2D eigenvalue weighted by Gasteiger charge is -2.23. The van der Waals surface area contributed by atoms with Crippen molar-refractivity contribution >= 4 is 21.8 Å². The van der Waals surface area contributed by atoms with Gasteiger partial charge in [0.1, 0.15) is 0 Å². The highest BCUT2D eigenvalue weighted by Gasteiger charge is 2.12. The van der Waals surface area contributed by atoms with Crippen molar-refractivity contribution in [1.29, 1.82) is 0 Å². The van der Waals surface area contributed by atoms with E-state index in [9.17, 15) is 4.79 Å². The standard InChI is InChI=1S/C14H21BrN2O2/c1-16(2)14(18)11-17(7-8-19-3)10-12-5-4-6-13(15)9-12/h4-6,9H,7-8,10-11H2,1-3H3. The van der Waals surface area contributed by atoms with Gasteiger partial charge in [0.05, 0.1) is 13.2 Å². The summed E-state index contributed by atoms with van der Waals surface area (Å²) in [5.41, 5.74) is 1.18. The molecule has 0 spiro atoms. The molecular formula is C14H21BrN2O2. The Labute approximate surface area is 123 Å². The Morgan fingerprint density at radius 3 is 2.68 bits per heavy atom. The van der Waals surface area contributed by atoms with E-state index >= 15 is 0 Å². The molecule has 0 aliphatic heterocycles. The molecule has 0 N–H and O–H groups in total. The second-order valence-corrected chi connectivity index (χ2v) is 5.54. The summed E-state index contributed by atoms with van der Waals surface area (Å²) < 4.78 is 6.15. The Kier molecular flexibility index (Phi) is 7.05. The zero-order chi connectivity index (χ0) is 14.3. The van der Waals surface area contributed by atoms with Crippen LogP contribution in [0.2, 0.25) is 0 Å². The number of methoxy groups -OCH3 is 1. The van der Waals surface area contributed by atoms with Crippen LogP contribution in [0.5, 0.6) is 0 Å². The van der Waals surface area contributed by atoms with Crippen LogP contribution < -0.4 is 0 Å². The second-order valence-electron chi connectivity index (χ2n) is 4.62. The molecule has 0 fully saturated rings. The fourth-order valence-electron chi connectivity index (χ4n) is 1.66. The highest BCUT2D eigenvalue weighted by atomic mass is 79.9. The molecule has 0 unspecified atom stereocenters. The van der Waals surface area contributed by atoms with E-state index in [-0.39, 0.29) is 5.91 Å². The predicted molar refractivity (Wildman–Crippen MR) is 80.0 cm³/mol. The molecule has 19 heavy (non-hydrogen) atoms. The molecule has 1 rings (SSSR count). The lowest BCUT2D eigenvalue weighted by atomic mass is 10.2. The largest absolute Gasteiger partial charge is 0.383 e. The normalized spacial score (nSPS) is 10.8. The van der Waals surface area contributed by atoms with Gasteiger partial charge in [0.2, 0.25) is 5.91 Å². The van der Waals surface area contributed by atoms with Gasteiger partial charge in [0.25, 0.3) is 0 Å². The molecule has 5 heteroatoms. The van der Waals surface area contributed by atoms with E-state index in [1.165, 1.54) is 5.56 Å². The van der Waals surface area contributed by atoms with Crippen LogP contribution in [0.4, 0.5) is 0 Å². The van der Waals surface area contributed by atoms with Crippen molar-refractivity contribution in [3.63, 3.8) is 0 Å². The molecule has 0 radical (unpaired) electrons. The third kappa shape index (κ3) is 6.18. The van der Waals surface area contributed by atoms with Crippen molar-refractivity contribution in [2.45, 2.75) is 6.54 Å². The molecular weight excluding hydrogens is 308 g/mol. The van der Waals surface area contributed by atoms with E-state index in [0.717, 1.165) is 17.6 Å². The third-order valence-electron chi connectivity index (χ3n) is 2.76. The highest BCUT2D eigenvalue weighted by molar-refractivity contribution is 9.10. The molecule has 0 atom stereocenters. The molecule has 1 aromatic rings. The van der Waals surface area contributed by atoms with Crippen molar-refractivity contribution in [3.05, 3.63) is 34.3 Å². The topological polar surface area (TPSA) is 32.8 Å². The molecule has 1 amide bonds. The van der Waals surface area contributed by atoms with Crippen LogP contribution in [0.1, 0.15) is 5.56 Å². The minimum atomic E-state index is 0.103. The minimum absolute atomic E-state index is 0.103. The van der Waals surface area contributed by atoms with Crippen LogP contribution in [0, 0.1) is 0 Å². The molecule has 0 heterocycles. The van der Waals surface area contributed by atoms with Gasteiger partial charge in [-0.05, 0) is 17.7 Å². The van der Waals surface area contributed by atoms with Crippen molar-refractivity contribution < 1.29 is 9.53 Å². The van der Waals surface area contributed by atoms with Gasteiger partial charge in [-0.2, -0.15) is 0 Å². The first kappa shape index (κ1) is 16.1. The molecule has 4 nitrogen and oxygen atoms in total. The van der Waals surface area contributed by atoms with E-state index in [1.807, 2.05) is 12.1 Å². The predicted octanol–water partition coefficient (Wildman–Crippen LogP) is 1.99. The summed E-state index contributed by atoms with van der Waals surface area (Å²) in [7, 11) is 5.22. The van der Waals surface area contributed by atoms with Gasteiger partial charge in [-0.25, -0.2) is 0 Å². The molecule has 1 aromatic carbocycles. The average Bonchev–Trinajstić information content (AvgIpc) is 2.35. The maximum absolute atomic E-state index is 11.8. The molecule has 0 aliphatic carbocycles. The summed E-state index contributed by atoms with van der Waals surface area (Å²) in [6.07, 6.45) is 0. The second kappa shape index (κ2) is 8.30. The van der Waals surface area contributed by atoms with Gasteiger partial charge >= 0.3 is 0 Å². The van der Waals surface area contributed by atoms with Crippen LogP contribution in [0.15, 0.2) is 28.7 Å². The van der Waals surface area contributed by atoms with Crippen molar-refractivity contribution in [3.8, 4) is 0 Å². The maximum Gasteiger partial charge on any atom is 0.236 e. The Balaban J connectivity index is 2.65. The van der Waals surface area contributed by atoms with Gasteiger partial charge < -0.3 is 9.64 Å². The SMILES string of the molecule is COCCN(CC(=O)N(C)C)Cc1cccc(Br)c1. The molecule has 0 aliphatic rings. The minimum Gasteiger partial charge on any atom is -0.383 e. The van der Waals surface area contributed by atoms with E-state index in [4.69, 9.17) is 4.74 Å². The fraction of sp³-hybridized carbons (Fsp3) is 0.500. The smallest absolute Gasteiger partial charge is 0.236 e. The number of likely N-dealkylation sites (N-methyl/N-ethyl adjacent to an activating group) is 1. The molecule has 0 saturated heterocycles. The van der Waals surface area contributed by atoms with Crippen molar-refractivity contribution in [1.82, 2.24) is 9.80 Å². The summed E-state index contributed by atoms with van der Waals surface area (Å²) in [5, 5.41) is 0. The summed E-state index contributed by atoms with van der Waals surface area (Å²) in [5.74, 6) is 0.103. The number of hydrogen-bond acceptors (Lipinski definition) is 3. The van der Waals surface area contributed by atoms with Gasteiger partial charge in [-0.3, -0.25) is 9.69 Å². The lowest BCUT2D eigenvalue weighted by Crippen LogP contribution is -2.37. The number of amides is 1. The fourth-order valence-corrected chi connectivity index (χ4v) is 2.11. The van der Waals surface area contributed by atoms with Gasteiger partial charge in [0, 0.05) is 38.8 Å². The Hall–Kier alpha value is -0.910. The number of carbonyl (C=O) groups is 1. The first-order valence-electron chi connectivity index (χ1n) is 6.19. The molecule has 0 aromatic heterocycles. The summed E-state index contributed by atoms with van der Waals surface area (Å²) in [4.78, 5) is 15.5. The summed E-state index contributed by atoms with van der Waals surface area (Å²) >= 11 is 3.46. The number of rotatable bonds is 7. The van der Waals surface area contributed by atoms with Crippen LogP contribution >= 0.6 is 15.9 Å². The van der Waals surface area contributed by atoms with Crippen LogP contribution in [-0.4, -0.2) is 56.6 Å². The third-order valence-corrected chi connectivity index (χ3v) is 3.26. The maximum atomic E-state index is 11.8. The lowest BCUT2D eigenvalue weighted by molar-refractivity contribution is -0.130. The monoisotopic (exact) mass is 328 g/mol. The Morgan fingerprint density at radius 2 is 2.11 bits per heavy atom. The highest BCUT2D eigenvalue weighted by Crippen LogP contribution is 2.13. The van der Waals surface area contributed by atoms with E-state index in [0.29, 0.717) is 13.2 Å². The van der Waals surface area contributed by atoms with Crippen LogP contribution in [0.25, 0.3) is 0 Å². The van der Waals surface area contributed by atoms with E-state index in [1.54, 1.807) is 26.1 Å². The van der Waals surface area contributed by atoms with Crippen LogP contribution in [-0.2, 0) is 16.1 Å². The zero-order valence-electron chi connectivity index (χ0n) is 11.7. The number of ether oxygens (including phenoxy) is 1. The average molecular weight is 329 g/mol. The number of nitrogens with zero attached hydrogens (tertiary/aromatic N) is 2. The number of hydrogen-bond donors (Lipinski definition) is 0. The first-order valence-corrected chi connectivity index (χ1v) is 6.98. The zero-order valence-corrected chi connectivity index (χ0v) is 13.3. The first-order chi connectivity index (χ1) is 9.02. The van der Waals surface area contributed by atoms with E-state index in [2.05, 4.69) is 33.0 Å². The molecule has 0 bridgehead atoms. The number of carbonyl (C=O) groups excluding carboxylic acids is 1. The van der Waals surface area contributed by atoms with E-state index < -0.39 is 0 Å². The quantitative estimate of drug-likeness (QED) is 0.767. The summed E-state index contributed by atoms with van der Waals surface area (Å²) in [6, 6.07) is 8.13. The van der Waals surface area contributed by atoms with Gasteiger partial charge in [-0.15, -0.1) is 0 Å². The van der Waals surface area contributed by atoms with Crippen molar-refractivity contribution in [2.75, 3.05) is 40.9 Å². The molecule has 106 valence electrons. The number of halogens is 1. The summed E-state index contributed by atoms with van der Waals surface area (Å²) in [6.45, 7) is 2.50. The molecule has 0 saturated carbocycles.